The molecule has 0 fully saturated rings. The first-order valence-corrected chi connectivity index (χ1v) is 8.50. The van der Waals surface area contributed by atoms with Gasteiger partial charge in [0.15, 0.2) is 11.2 Å². The molecule has 0 aliphatic carbocycles. The Balaban J connectivity index is 2.14. The van der Waals surface area contributed by atoms with Gasteiger partial charge in [0.1, 0.15) is 5.82 Å². The van der Waals surface area contributed by atoms with Crippen molar-refractivity contribution in [1.29, 1.82) is 0 Å². The standard InChI is InChI=1S/C18H21N5O3/c1-4-5-10-23-16-14(17(25)21-18(23)26)22(3)15(20-16)12-6-8-13(9-7-12)19-11(2)24/h6-9H,4-5,10H2,1-3H3,(H,19,24)(H,21,25,26). The zero-order valence-corrected chi connectivity index (χ0v) is 15.0. The van der Waals surface area contributed by atoms with Crippen molar-refractivity contribution in [1.82, 2.24) is 19.1 Å². The molecule has 1 amide bonds. The number of anilines is 1. The van der Waals surface area contributed by atoms with Gasteiger partial charge in [-0.3, -0.25) is 19.1 Å². The number of carbonyl (C=O) groups is 1. The highest BCUT2D eigenvalue weighted by atomic mass is 16.2. The molecule has 0 aliphatic heterocycles. The highest BCUT2D eigenvalue weighted by molar-refractivity contribution is 5.89. The molecule has 0 bridgehead atoms. The number of benzene rings is 1. The summed E-state index contributed by atoms with van der Waals surface area (Å²) in [5.74, 6) is 0.433. The molecule has 0 aliphatic rings. The molecule has 1 aromatic carbocycles. The van der Waals surface area contributed by atoms with Crippen LogP contribution in [0.1, 0.15) is 26.7 Å². The summed E-state index contributed by atoms with van der Waals surface area (Å²) < 4.78 is 3.19. The number of aromatic amines is 1. The van der Waals surface area contributed by atoms with Crippen molar-refractivity contribution in [3.05, 3.63) is 45.1 Å². The highest BCUT2D eigenvalue weighted by Crippen LogP contribution is 2.23. The molecule has 0 saturated carbocycles. The zero-order valence-electron chi connectivity index (χ0n) is 15.0. The summed E-state index contributed by atoms with van der Waals surface area (Å²) in [4.78, 5) is 42.5. The Kier molecular flexibility index (Phi) is 4.75. The minimum absolute atomic E-state index is 0.146. The van der Waals surface area contributed by atoms with Gasteiger partial charge in [-0.05, 0) is 30.7 Å². The molecule has 8 nitrogen and oxygen atoms in total. The van der Waals surface area contributed by atoms with E-state index in [2.05, 4.69) is 15.3 Å². The Morgan fingerprint density at radius 2 is 1.92 bits per heavy atom. The first-order chi connectivity index (χ1) is 12.4. The quantitative estimate of drug-likeness (QED) is 0.729. The van der Waals surface area contributed by atoms with Gasteiger partial charge in [0.05, 0.1) is 0 Å². The number of aryl methyl sites for hydroxylation is 2. The molecule has 2 N–H and O–H groups in total. The number of rotatable bonds is 5. The van der Waals surface area contributed by atoms with Crippen LogP contribution in [0.5, 0.6) is 0 Å². The maximum atomic E-state index is 12.3. The van der Waals surface area contributed by atoms with Crippen LogP contribution in [0.25, 0.3) is 22.6 Å². The maximum absolute atomic E-state index is 12.3. The Hall–Kier alpha value is -3.16. The van der Waals surface area contributed by atoms with Gasteiger partial charge < -0.3 is 9.88 Å². The molecule has 3 rings (SSSR count). The largest absolute Gasteiger partial charge is 0.330 e. The van der Waals surface area contributed by atoms with Crippen LogP contribution in [0, 0.1) is 0 Å². The van der Waals surface area contributed by atoms with E-state index in [1.54, 1.807) is 23.7 Å². The first-order valence-electron chi connectivity index (χ1n) is 8.50. The lowest BCUT2D eigenvalue weighted by molar-refractivity contribution is -0.114. The van der Waals surface area contributed by atoms with Crippen LogP contribution in [-0.2, 0) is 18.4 Å². The molecule has 2 aromatic heterocycles. The Morgan fingerprint density at radius 3 is 2.54 bits per heavy atom. The first kappa shape index (κ1) is 17.7. The van der Waals surface area contributed by atoms with Gasteiger partial charge >= 0.3 is 5.69 Å². The van der Waals surface area contributed by atoms with E-state index in [-0.39, 0.29) is 5.91 Å². The predicted octanol–water partition coefficient (Wildman–Crippen LogP) is 1.85. The van der Waals surface area contributed by atoms with E-state index in [9.17, 15) is 14.4 Å². The van der Waals surface area contributed by atoms with Crippen molar-refractivity contribution in [2.45, 2.75) is 33.2 Å². The Labute approximate surface area is 149 Å². The monoisotopic (exact) mass is 355 g/mol. The molecule has 2 heterocycles. The molecule has 0 radical (unpaired) electrons. The zero-order chi connectivity index (χ0) is 18.8. The van der Waals surface area contributed by atoms with Gasteiger partial charge in [0, 0.05) is 31.8 Å². The van der Waals surface area contributed by atoms with Crippen LogP contribution in [0.4, 0.5) is 5.69 Å². The molecule has 26 heavy (non-hydrogen) atoms. The number of nitrogens with zero attached hydrogens (tertiary/aromatic N) is 3. The number of H-pyrrole nitrogens is 1. The maximum Gasteiger partial charge on any atom is 0.330 e. The second-order valence-electron chi connectivity index (χ2n) is 6.19. The van der Waals surface area contributed by atoms with E-state index in [0.29, 0.717) is 29.2 Å². The van der Waals surface area contributed by atoms with Crippen molar-refractivity contribution in [2.75, 3.05) is 5.32 Å². The van der Waals surface area contributed by atoms with Crippen molar-refractivity contribution in [3.8, 4) is 11.4 Å². The minimum atomic E-state index is -0.450. The smallest absolute Gasteiger partial charge is 0.326 e. The third-order valence-corrected chi connectivity index (χ3v) is 4.21. The van der Waals surface area contributed by atoms with Crippen molar-refractivity contribution >= 4 is 22.8 Å². The molecule has 8 heteroatoms. The van der Waals surface area contributed by atoms with Crippen LogP contribution in [0.15, 0.2) is 33.9 Å². The summed E-state index contributed by atoms with van der Waals surface area (Å²) in [7, 11) is 1.75. The molecule has 136 valence electrons. The van der Waals surface area contributed by atoms with Crippen LogP contribution in [0.3, 0.4) is 0 Å². The highest BCUT2D eigenvalue weighted by Gasteiger charge is 2.17. The number of amides is 1. The number of hydrogen-bond acceptors (Lipinski definition) is 4. The number of fused-ring (bicyclic) bond motifs is 1. The van der Waals surface area contributed by atoms with Gasteiger partial charge in [0.25, 0.3) is 5.56 Å². The van der Waals surface area contributed by atoms with Crippen LogP contribution < -0.4 is 16.6 Å². The number of aromatic nitrogens is 4. The molecule has 0 atom stereocenters. The SMILES string of the molecule is CCCCn1c(=O)[nH]c(=O)c2c1nc(-c1ccc(NC(C)=O)cc1)n2C. The Morgan fingerprint density at radius 1 is 1.23 bits per heavy atom. The summed E-state index contributed by atoms with van der Waals surface area (Å²) in [6.45, 7) is 3.98. The number of hydrogen-bond donors (Lipinski definition) is 2. The average molecular weight is 355 g/mol. The summed E-state index contributed by atoms with van der Waals surface area (Å²) in [5, 5.41) is 2.71. The Bertz CT molecular complexity index is 1070. The molecular formula is C18H21N5O3. The number of carbonyl (C=O) groups excluding carboxylic acids is 1. The summed E-state index contributed by atoms with van der Waals surface area (Å²) in [6.07, 6.45) is 1.75. The second kappa shape index (κ2) is 6.99. The molecule has 0 spiro atoms. The molecule has 0 unspecified atom stereocenters. The fourth-order valence-corrected chi connectivity index (χ4v) is 2.93. The van der Waals surface area contributed by atoms with Crippen molar-refractivity contribution < 1.29 is 4.79 Å². The lowest BCUT2D eigenvalue weighted by Crippen LogP contribution is -2.31. The van der Waals surface area contributed by atoms with Crippen LogP contribution >= 0.6 is 0 Å². The number of unbranched alkanes of at least 4 members (excludes halogenated alkanes) is 1. The lowest BCUT2D eigenvalue weighted by atomic mass is 10.2. The van der Waals surface area contributed by atoms with Crippen LogP contribution in [0.2, 0.25) is 0 Å². The van der Waals surface area contributed by atoms with Crippen molar-refractivity contribution in [2.24, 2.45) is 7.05 Å². The fraction of sp³-hybridized carbons (Fsp3) is 0.333. The second-order valence-corrected chi connectivity index (χ2v) is 6.19. The predicted molar refractivity (Wildman–Crippen MR) is 100 cm³/mol. The van der Waals surface area contributed by atoms with E-state index < -0.39 is 11.2 Å². The summed E-state index contributed by atoms with van der Waals surface area (Å²) in [5.41, 5.74) is 1.32. The van der Waals surface area contributed by atoms with E-state index in [0.717, 1.165) is 18.4 Å². The van der Waals surface area contributed by atoms with Gasteiger partial charge in [-0.2, -0.15) is 0 Å². The lowest BCUT2D eigenvalue weighted by Gasteiger charge is -2.05. The number of nitrogens with one attached hydrogen (secondary N) is 2. The molecule has 3 aromatic rings. The fourth-order valence-electron chi connectivity index (χ4n) is 2.93. The topological polar surface area (TPSA) is 102 Å². The third-order valence-electron chi connectivity index (χ3n) is 4.21. The molecular weight excluding hydrogens is 334 g/mol. The van der Waals surface area contributed by atoms with Gasteiger partial charge in [-0.1, -0.05) is 13.3 Å². The van der Waals surface area contributed by atoms with Gasteiger partial charge in [-0.15, -0.1) is 0 Å². The van der Waals surface area contributed by atoms with E-state index in [1.807, 2.05) is 19.1 Å². The summed E-state index contributed by atoms with van der Waals surface area (Å²) in [6, 6.07) is 7.17. The minimum Gasteiger partial charge on any atom is -0.326 e. The normalized spacial score (nSPS) is 11.0. The van der Waals surface area contributed by atoms with E-state index in [4.69, 9.17) is 0 Å². The molecule has 0 saturated heterocycles. The summed E-state index contributed by atoms with van der Waals surface area (Å²) >= 11 is 0. The van der Waals surface area contributed by atoms with E-state index in [1.165, 1.54) is 11.5 Å². The average Bonchev–Trinajstić information content (AvgIpc) is 2.93. The number of imidazole rings is 1. The van der Waals surface area contributed by atoms with Gasteiger partial charge in [-0.25, -0.2) is 9.78 Å². The van der Waals surface area contributed by atoms with Gasteiger partial charge in [0.2, 0.25) is 5.91 Å². The van der Waals surface area contributed by atoms with E-state index >= 15 is 0 Å². The van der Waals surface area contributed by atoms with Crippen molar-refractivity contribution in [3.63, 3.8) is 0 Å². The van der Waals surface area contributed by atoms with Crippen LogP contribution in [-0.4, -0.2) is 25.0 Å². The third kappa shape index (κ3) is 3.17.